The molecule has 0 aliphatic rings. The first kappa shape index (κ1) is 27.1. The first-order valence-corrected chi connectivity index (χ1v) is 8.38. The van der Waals surface area contributed by atoms with Gasteiger partial charge < -0.3 is 16.8 Å². The molecule has 0 amide bonds. The zero-order chi connectivity index (χ0) is 17.8. The number of ether oxygens (including phenoxy) is 1. The summed E-state index contributed by atoms with van der Waals surface area (Å²) < 4.78 is 32.4. The number of esters is 1. The van der Waals surface area contributed by atoms with E-state index >= 15 is 0 Å². The van der Waals surface area contributed by atoms with Crippen molar-refractivity contribution in [1.29, 1.82) is 0 Å². The van der Waals surface area contributed by atoms with Gasteiger partial charge in [-0.1, -0.05) is 32.8 Å². The van der Waals surface area contributed by atoms with Crippen LogP contribution in [-0.4, -0.2) is 41.9 Å². The van der Waals surface area contributed by atoms with Crippen molar-refractivity contribution in [2.45, 2.75) is 45.3 Å². The Labute approximate surface area is 150 Å². The van der Waals surface area contributed by atoms with Gasteiger partial charge in [0.15, 0.2) is 0 Å². The molecule has 130 valence electrons. The van der Waals surface area contributed by atoms with Crippen LogP contribution >= 0.6 is 0 Å². The first-order valence-electron chi connectivity index (χ1n) is 6.87. The fourth-order valence-electron chi connectivity index (χ4n) is 1.10. The largest absolute Gasteiger partial charge is 1.00 e. The van der Waals surface area contributed by atoms with E-state index < -0.39 is 33.2 Å². The summed E-state index contributed by atoms with van der Waals surface area (Å²) in [6.45, 7) is 8.02. The number of unbranched alkanes of at least 4 members (excludes halogenated alkanes) is 1. The number of carboxylic acid groups (broad SMARTS) is 1. The van der Waals surface area contributed by atoms with E-state index in [1.54, 1.807) is 13.0 Å². The molecule has 9 heteroatoms. The third-order valence-electron chi connectivity index (χ3n) is 2.49. The third-order valence-corrected chi connectivity index (χ3v) is 3.51. The van der Waals surface area contributed by atoms with Gasteiger partial charge in [-0.05, 0) is 18.6 Å². The molecule has 0 spiro atoms. The van der Waals surface area contributed by atoms with Crippen molar-refractivity contribution in [3.05, 3.63) is 19.1 Å². The van der Waals surface area contributed by atoms with Crippen molar-refractivity contribution < 1.29 is 51.3 Å². The summed E-state index contributed by atoms with van der Waals surface area (Å²) in [7, 11) is -3.85. The molecule has 2 unspecified atom stereocenters. The number of carbonyl (C=O) groups excluding carboxylic acids is 1. The normalized spacial score (nSPS) is 13.3. The van der Waals surface area contributed by atoms with E-state index in [4.69, 9.17) is 14.4 Å². The summed E-state index contributed by atoms with van der Waals surface area (Å²) in [6, 6.07) is 0. The Balaban J connectivity index is -0.000000425. The molecule has 0 aromatic heterocycles. The Bertz CT molecular complexity index is 458. The van der Waals surface area contributed by atoms with Crippen molar-refractivity contribution in [3.63, 3.8) is 0 Å². The van der Waals surface area contributed by atoms with Crippen LogP contribution in [0, 0.1) is 12.8 Å². The van der Waals surface area contributed by atoms with E-state index in [9.17, 15) is 18.0 Å². The molecular formula is C14H25LiO7S. The van der Waals surface area contributed by atoms with Gasteiger partial charge in [-0.25, -0.2) is 13.2 Å². The third kappa shape index (κ3) is 17.4. The Morgan fingerprint density at radius 1 is 1.35 bits per heavy atom. The Morgan fingerprint density at radius 2 is 1.83 bits per heavy atom. The van der Waals surface area contributed by atoms with Crippen LogP contribution in [0.3, 0.4) is 0 Å². The predicted molar refractivity (Wildman–Crippen MR) is 82.8 cm³/mol. The van der Waals surface area contributed by atoms with Crippen LogP contribution in [0.2, 0.25) is 0 Å². The van der Waals surface area contributed by atoms with Crippen LogP contribution in [0.5, 0.6) is 0 Å². The summed E-state index contributed by atoms with van der Waals surface area (Å²) in [6.07, 6.45) is 5.16. The molecule has 0 saturated carbocycles. The SMILES string of the molecule is CC=CC(=O)OCC(CCCC)C(=O)O.[CH2-]C(C)S(=O)(=O)O.[Li+]. The van der Waals surface area contributed by atoms with Crippen molar-refractivity contribution in [3.8, 4) is 0 Å². The number of carbonyl (C=O) groups is 2. The minimum Gasteiger partial charge on any atom is -0.481 e. The van der Waals surface area contributed by atoms with E-state index in [0.29, 0.717) is 6.42 Å². The summed E-state index contributed by atoms with van der Waals surface area (Å²) in [4.78, 5) is 21.7. The molecule has 0 radical (unpaired) electrons. The van der Waals surface area contributed by atoms with Crippen LogP contribution in [0.15, 0.2) is 12.2 Å². The Morgan fingerprint density at radius 3 is 2.13 bits per heavy atom. The quantitative estimate of drug-likeness (QED) is 0.193. The van der Waals surface area contributed by atoms with Crippen LogP contribution < -0.4 is 18.9 Å². The van der Waals surface area contributed by atoms with E-state index in [2.05, 4.69) is 6.92 Å². The second kappa shape index (κ2) is 14.8. The van der Waals surface area contributed by atoms with Crippen LogP contribution in [0.4, 0.5) is 0 Å². The van der Waals surface area contributed by atoms with Gasteiger partial charge in [-0.15, -0.1) is 0 Å². The maximum absolute atomic E-state index is 10.9. The minimum absolute atomic E-state index is 0. The Hall–Kier alpha value is -0.813. The molecule has 2 atom stereocenters. The fraction of sp³-hybridized carbons (Fsp3) is 0.643. The molecule has 0 aliphatic heterocycles. The average molecular weight is 344 g/mol. The fourth-order valence-corrected chi connectivity index (χ4v) is 1.10. The first-order chi connectivity index (χ1) is 10.1. The maximum Gasteiger partial charge on any atom is 1.00 e. The van der Waals surface area contributed by atoms with Gasteiger partial charge in [-0.2, -0.15) is 0 Å². The number of hydrogen-bond donors (Lipinski definition) is 2. The molecule has 0 aliphatic carbocycles. The van der Waals surface area contributed by atoms with Crippen molar-refractivity contribution >= 4 is 22.1 Å². The van der Waals surface area contributed by atoms with Crippen LogP contribution in [-0.2, 0) is 24.4 Å². The standard InChI is InChI=1S/C11H18O4.C3H7O3S.Li/c1-3-5-7-9(11(13)14)8-15-10(12)6-4-2;1-3(2)7(4,5)6;/h4,6,9H,3,5,7-8H2,1-2H3,(H,13,14);3H,1H2,2H3,(H,4,5,6);/q;-1;+1. The predicted octanol–water partition coefficient (Wildman–Crippen LogP) is -0.903. The smallest absolute Gasteiger partial charge is 0.481 e. The second-order valence-electron chi connectivity index (χ2n) is 4.63. The topological polar surface area (TPSA) is 118 Å². The number of hydrogen-bond acceptors (Lipinski definition) is 5. The number of allylic oxidation sites excluding steroid dienone is 1. The van der Waals surface area contributed by atoms with Gasteiger partial charge >= 0.3 is 30.8 Å². The number of aliphatic carboxylic acids is 1. The molecule has 2 N–H and O–H groups in total. The van der Waals surface area contributed by atoms with Crippen molar-refractivity contribution in [1.82, 2.24) is 0 Å². The summed E-state index contributed by atoms with van der Waals surface area (Å²) in [5, 5.41) is 7.91. The second-order valence-corrected chi connectivity index (χ2v) is 6.47. The molecule has 0 aromatic rings. The molecule has 0 rings (SSSR count). The maximum atomic E-state index is 10.9. The van der Waals surface area contributed by atoms with Crippen LogP contribution in [0.1, 0.15) is 40.0 Å². The average Bonchev–Trinajstić information content (AvgIpc) is 2.38. The zero-order valence-corrected chi connectivity index (χ0v) is 15.0. The van der Waals surface area contributed by atoms with Gasteiger partial charge in [0.2, 0.25) is 10.1 Å². The molecular weight excluding hydrogens is 319 g/mol. The summed E-state index contributed by atoms with van der Waals surface area (Å²) >= 11 is 0. The molecule has 0 fully saturated rings. The Kier molecular flexibility index (Phi) is 17.4. The van der Waals surface area contributed by atoms with Gasteiger partial charge in [0, 0.05) is 6.08 Å². The van der Waals surface area contributed by atoms with E-state index in [0.717, 1.165) is 12.8 Å². The van der Waals surface area contributed by atoms with Gasteiger partial charge in [0.25, 0.3) is 0 Å². The van der Waals surface area contributed by atoms with Gasteiger partial charge in [0.05, 0.1) is 5.92 Å². The van der Waals surface area contributed by atoms with Crippen molar-refractivity contribution in [2.24, 2.45) is 5.92 Å². The molecule has 23 heavy (non-hydrogen) atoms. The monoisotopic (exact) mass is 344 g/mol. The molecule has 7 nitrogen and oxygen atoms in total. The molecule has 0 bridgehead atoms. The van der Waals surface area contributed by atoms with Gasteiger partial charge in [-0.3, -0.25) is 9.35 Å². The van der Waals surface area contributed by atoms with E-state index in [1.165, 1.54) is 13.0 Å². The minimum atomic E-state index is -3.85. The van der Waals surface area contributed by atoms with Crippen molar-refractivity contribution in [2.75, 3.05) is 6.61 Å². The zero-order valence-electron chi connectivity index (χ0n) is 14.2. The van der Waals surface area contributed by atoms with E-state index in [-0.39, 0.29) is 25.5 Å². The van der Waals surface area contributed by atoms with E-state index in [1.807, 2.05) is 6.92 Å². The summed E-state index contributed by atoms with van der Waals surface area (Å²) in [5.74, 6) is -1.98. The molecule has 0 aromatic carbocycles. The molecule has 0 heterocycles. The molecule has 0 saturated heterocycles. The number of carboxylic acids is 1. The number of rotatable bonds is 8. The van der Waals surface area contributed by atoms with Gasteiger partial charge in [0.1, 0.15) is 6.61 Å². The summed E-state index contributed by atoms with van der Waals surface area (Å²) in [5.41, 5.74) is 0. The van der Waals surface area contributed by atoms with Crippen LogP contribution in [0.25, 0.3) is 0 Å².